The summed E-state index contributed by atoms with van der Waals surface area (Å²) in [6.07, 6.45) is 6.80. The molecule has 0 N–H and O–H groups in total. The zero-order valence-electron chi connectivity index (χ0n) is 13.6. The molecule has 22 heavy (non-hydrogen) atoms. The van der Waals surface area contributed by atoms with E-state index in [9.17, 15) is 0 Å². The van der Waals surface area contributed by atoms with E-state index in [1.54, 1.807) is 0 Å². The maximum Gasteiger partial charge on any atom is 0.0726 e. The highest BCUT2D eigenvalue weighted by Gasteiger charge is 2.88. The molecule has 6 saturated carbocycles. The summed E-state index contributed by atoms with van der Waals surface area (Å²) in [4.78, 5) is 0. The first-order valence-electron chi connectivity index (χ1n) is 10.0. The molecule has 0 unspecified atom stereocenters. The second kappa shape index (κ2) is 2.86. The van der Waals surface area contributed by atoms with Crippen molar-refractivity contribution in [2.45, 2.75) is 62.9 Å². The van der Waals surface area contributed by atoms with Gasteiger partial charge in [-0.3, -0.25) is 0 Å². The van der Waals surface area contributed by atoms with Gasteiger partial charge in [0.2, 0.25) is 0 Å². The van der Waals surface area contributed by atoms with E-state index in [0.717, 1.165) is 59.2 Å². The summed E-state index contributed by atoms with van der Waals surface area (Å²) >= 11 is 0. The van der Waals surface area contributed by atoms with Crippen LogP contribution in [0, 0.1) is 59.2 Å². The Kier molecular flexibility index (Phi) is 1.49. The molecule has 8 rings (SSSR count). The van der Waals surface area contributed by atoms with Crippen LogP contribution in [0.2, 0.25) is 0 Å². The van der Waals surface area contributed by atoms with E-state index in [2.05, 4.69) is 13.8 Å². The molecule has 8 fully saturated rings. The van der Waals surface area contributed by atoms with Crippen molar-refractivity contribution >= 4 is 0 Å². The highest BCUT2D eigenvalue weighted by atomic mass is 16.5. The number of hydrogen-bond acceptors (Lipinski definition) is 2. The molecule has 0 amide bonds. The van der Waals surface area contributed by atoms with Crippen LogP contribution >= 0.6 is 0 Å². The fraction of sp³-hybridized carbons (Fsp3) is 1.00. The molecule has 2 heterocycles. The standard InChI is InChI=1S/C20H26O2/c1-19-15-7-3-6-10-12(7)18-13(15)14-16(20(18,2)22-10)8-4-5-9(21-19)11(8)17(14)19/h7-18H,3-6H2,1-2H3/t7-,8+,9+,10-,11-,12-,13-,14+,15-,16+,17+,18-,19+,20+/m1/s1. The molecule has 6 aliphatic carbocycles. The summed E-state index contributed by atoms with van der Waals surface area (Å²) in [5.74, 6) is 9.21. The van der Waals surface area contributed by atoms with E-state index in [1.807, 2.05) is 0 Å². The summed E-state index contributed by atoms with van der Waals surface area (Å²) in [5.41, 5.74) is 0.507. The first kappa shape index (κ1) is 11.5. The fourth-order valence-corrected chi connectivity index (χ4v) is 11.2. The van der Waals surface area contributed by atoms with Gasteiger partial charge in [0, 0.05) is 0 Å². The van der Waals surface area contributed by atoms with Crippen molar-refractivity contribution in [2.75, 3.05) is 0 Å². The van der Waals surface area contributed by atoms with E-state index >= 15 is 0 Å². The molecule has 2 aliphatic heterocycles. The van der Waals surface area contributed by atoms with E-state index < -0.39 is 0 Å². The lowest BCUT2D eigenvalue weighted by molar-refractivity contribution is -0.109. The van der Waals surface area contributed by atoms with Crippen LogP contribution in [0.4, 0.5) is 0 Å². The lowest BCUT2D eigenvalue weighted by Gasteiger charge is -2.36. The highest BCUT2D eigenvalue weighted by Crippen LogP contribution is 2.86. The minimum atomic E-state index is 0.253. The minimum absolute atomic E-state index is 0.253. The largest absolute Gasteiger partial charge is 0.371 e. The van der Waals surface area contributed by atoms with Crippen molar-refractivity contribution in [1.82, 2.24) is 0 Å². The van der Waals surface area contributed by atoms with Gasteiger partial charge in [-0.15, -0.1) is 0 Å². The summed E-state index contributed by atoms with van der Waals surface area (Å²) in [7, 11) is 0. The van der Waals surface area contributed by atoms with Gasteiger partial charge in [-0.25, -0.2) is 0 Å². The van der Waals surface area contributed by atoms with Crippen LogP contribution in [0.25, 0.3) is 0 Å². The Morgan fingerprint density at radius 1 is 0.591 bits per heavy atom. The molecule has 2 saturated heterocycles. The van der Waals surface area contributed by atoms with Gasteiger partial charge in [0.15, 0.2) is 0 Å². The van der Waals surface area contributed by atoms with Crippen LogP contribution in [0.1, 0.15) is 39.5 Å². The van der Waals surface area contributed by atoms with Gasteiger partial charge in [0.05, 0.1) is 23.4 Å². The second-order valence-electron chi connectivity index (χ2n) is 10.6. The van der Waals surface area contributed by atoms with Gasteiger partial charge >= 0.3 is 0 Å². The molecule has 0 aromatic carbocycles. The highest BCUT2D eigenvalue weighted by molar-refractivity contribution is 5.35. The molecule has 2 nitrogen and oxygen atoms in total. The average Bonchev–Trinajstić information content (AvgIpc) is 3.19. The lowest BCUT2D eigenvalue weighted by atomic mass is 9.72. The average molecular weight is 298 g/mol. The van der Waals surface area contributed by atoms with E-state index in [4.69, 9.17) is 9.47 Å². The number of rotatable bonds is 0. The van der Waals surface area contributed by atoms with Crippen LogP contribution in [0.15, 0.2) is 0 Å². The predicted octanol–water partition coefficient (Wildman–Crippen LogP) is 3.11. The van der Waals surface area contributed by atoms with Crippen LogP contribution in [0.3, 0.4) is 0 Å². The monoisotopic (exact) mass is 298 g/mol. The van der Waals surface area contributed by atoms with Gasteiger partial charge in [0.1, 0.15) is 0 Å². The fourth-order valence-electron chi connectivity index (χ4n) is 11.2. The number of hydrogen-bond donors (Lipinski definition) is 0. The van der Waals surface area contributed by atoms with Gasteiger partial charge < -0.3 is 9.47 Å². The van der Waals surface area contributed by atoms with Crippen molar-refractivity contribution in [3.63, 3.8) is 0 Å². The molecule has 2 heteroatoms. The smallest absolute Gasteiger partial charge is 0.0726 e. The number of fused-ring (bicyclic) bond motifs is 4. The van der Waals surface area contributed by atoms with Gasteiger partial charge in [-0.2, -0.15) is 0 Å². The summed E-state index contributed by atoms with van der Waals surface area (Å²) in [5, 5.41) is 0. The molecule has 8 aliphatic rings. The second-order valence-corrected chi connectivity index (χ2v) is 10.6. The molecule has 0 aromatic rings. The summed E-state index contributed by atoms with van der Waals surface area (Å²) < 4.78 is 13.9. The Bertz CT molecular complexity index is 577. The Morgan fingerprint density at radius 3 is 1.50 bits per heavy atom. The van der Waals surface area contributed by atoms with Gasteiger partial charge in [-0.05, 0) is 98.7 Å². The van der Waals surface area contributed by atoms with E-state index in [-0.39, 0.29) is 11.2 Å². The Labute approximate surface area is 132 Å². The molecule has 0 bridgehead atoms. The molecule has 0 spiro atoms. The molecule has 118 valence electrons. The maximum absolute atomic E-state index is 6.93. The van der Waals surface area contributed by atoms with Crippen LogP contribution in [-0.4, -0.2) is 23.4 Å². The van der Waals surface area contributed by atoms with Crippen molar-refractivity contribution in [3.8, 4) is 0 Å². The molecule has 0 radical (unpaired) electrons. The third kappa shape index (κ3) is 0.775. The summed E-state index contributed by atoms with van der Waals surface area (Å²) in [6, 6.07) is 0. The third-order valence-electron chi connectivity index (χ3n) is 10.7. The van der Waals surface area contributed by atoms with Crippen molar-refractivity contribution in [3.05, 3.63) is 0 Å². The normalized spacial score (nSPS) is 83.2. The third-order valence-corrected chi connectivity index (χ3v) is 10.7. The Balaban J connectivity index is 1.46. The van der Waals surface area contributed by atoms with Crippen molar-refractivity contribution in [2.24, 2.45) is 59.2 Å². The lowest BCUT2D eigenvalue weighted by Crippen LogP contribution is -2.42. The predicted molar refractivity (Wildman–Crippen MR) is 79.9 cm³/mol. The van der Waals surface area contributed by atoms with Gasteiger partial charge in [0.25, 0.3) is 0 Å². The topological polar surface area (TPSA) is 18.5 Å². The summed E-state index contributed by atoms with van der Waals surface area (Å²) in [6.45, 7) is 5.12. The Morgan fingerprint density at radius 2 is 1.05 bits per heavy atom. The van der Waals surface area contributed by atoms with E-state index in [0.29, 0.717) is 12.2 Å². The minimum Gasteiger partial charge on any atom is -0.371 e. The van der Waals surface area contributed by atoms with Crippen molar-refractivity contribution in [1.29, 1.82) is 0 Å². The number of ether oxygens (including phenoxy) is 2. The zero-order valence-corrected chi connectivity index (χ0v) is 13.6. The first-order valence-corrected chi connectivity index (χ1v) is 10.0. The Hall–Kier alpha value is -0.0800. The van der Waals surface area contributed by atoms with Gasteiger partial charge in [-0.1, -0.05) is 0 Å². The van der Waals surface area contributed by atoms with Crippen LogP contribution in [-0.2, 0) is 9.47 Å². The molecular weight excluding hydrogens is 272 g/mol. The molecule has 0 aromatic heterocycles. The van der Waals surface area contributed by atoms with E-state index in [1.165, 1.54) is 25.7 Å². The SMILES string of the molecule is C[C@@]12O[C@H]3CC[C@H]4[C@H]3[C@H]1[C@H]1[C@H]3[C@H]5[C@@H]6[C@@H](CC[C@H]6O[C@@]5(C)[C@@H]41)[C@H]32. The van der Waals surface area contributed by atoms with Crippen LogP contribution in [0.5, 0.6) is 0 Å². The zero-order chi connectivity index (χ0) is 14.2. The van der Waals surface area contributed by atoms with Crippen molar-refractivity contribution < 1.29 is 9.47 Å². The maximum atomic E-state index is 6.93. The molecular formula is C20H26O2. The molecule has 14 atom stereocenters. The first-order chi connectivity index (χ1) is 10.6. The quantitative estimate of drug-likeness (QED) is 0.684. The van der Waals surface area contributed by atoms with Crippen LogP contribution < -0.4 is 0 Å².